The van der Waals surface area contributed by atoms with Crippen molar-refractivity contribution < 1.29 is 14.3 Å². The summed E-state index contributed by atoms with van der Waals surface area (Å²) in [5.41, 5.74) is 3.75. The average Bonchev–Trinajstić information content (AvgIpc) is 3.28. The molecule has 0 saturated carbocycles. The van der Waals surface area contributed by atoms with Crippen LogP contribution in [-0.2, 0) is 22.4 Å². The predicted molar refractivity (Wildman–Crippen MR) is 156 cm³/mol. The van der Waals surface area contributed by atoms with Crippen molar-refractivity contribution in [2.45, 2.75) is 50.8 Å². The van der Waals surface area contributed by atoms with Gasteiger partial charge in [-0.05, 0) is 67.1 Å². The molecule has 2 atom stereocenters. The van der Waals surface area contributed by atoms with Gasteiger partial charge in [-0.3, -0.25) is 14.5 Å². The Morgan fingerprint density at radius 1 is 1.05 bits per heavy atom. The Labute approximate surface area is 234 Å². The Kier molecular flexibility index (Phi) is 9.45. The van der Waals surface area contributed by atoms with E-state index in [0.717, 1.165) is 30.4 Å². The molecular weight excluding hydrogens is 506 g/mol. The highest BCUT2D eigenvalue weighted by molar-refractivity contribution is 8.05. The SMILES string of the molecule is CCCCc1ccc(CC2S/C(=C(/C#N)C(=O)NC(C)c3ccccc3)N(c3ccc(OC)cc3)C2=O)cc1. The highest BCUT2D eigenvalue weighted by atomic mass is 32.2. The van der Waals surface area contributed by atoms with Gasteiger partial charge in [0.25, 0.3) is 5.91 Å². The molecule has 1 N–H and O–H groups in total. The van der Waals surface area contributed by atoms with Gasteiger partial charge >= 0.3 is 0 Å². The number of carbonyl (C=O) groups excluding carboxylic acids is 2. The lowest BCUT2D eigenvalue weighted by molar-refractivity contribution is -0.117. The number of methoxy groups -OCH3 is 1. The van der Waals surface area contributed by atoms with Gasteiger partial charge in [0.05, 0.1) is 18.4 Å². The maximum atomic E-state index is 13.8. The lowest BCUT2D eigenvalue weighted by Crippen LogP contribution is -2.32. The van der Waals surface area contributed by atoms with Crippen LogP contribution in [0.15, 0.2) is 89.5 Å². The summed E-state index contributed by atoms with van der Waals surface area (Å²) < 4.78 is 5.28. The highest BCUT2D eigenvalue weighted by Gasteiger charge is 2.41. The number of thioether (sulfide) groups is 1. The Morgan fingerprint density at radius 2 is 1.72 bits per heavy atom. The summed E-state index contributed by atoms with van der Waals surface area (Å²) in [6, 6.07) is 26.8. The Bertz CT molecular complexity index is 1360. The van der Waals surface area contributed by atoms with Gasteiger partial charge in [-0.1, -0.05) is 79.7 Å². The largest absolute Gasteiger partial charge is 0.497 e. The van der Waals surface area contributed by atoms with Crippen LogP contribution >= 0.6 is 11.8 Å². The van der Waals surface area contributed by atoms with Gasteiger partial charge in [0, 0.05) is 5.69 Å². The molecule has 2 unspecified atom stereocenters. The summed E-state index contributed by atoms with van der Waals surface area (Å²) in [6.07, 6.45) is 3.82. The first kappa shape index (κ1) is 28.0. The average molecular weight is 540 g/mol. The van der Waals surface area contributed by atoms with E-state index in [0.29, 0.717) is 22.9 Å². The minimum Gasteiger partial charge on any atom is -0.497 e. The number of anilines is 1. The first-order chi connectivity index (χ1) is 18.9. The van der Waals surface area contributed by atoms with Crippen molar-refractivity contribution >= 4 is 29.3 Å². The first-order valence-corrected chi connectivity index (χ1v) is 14.1. The molecule has 6 nitrogen and oxygen atoms in total. The molecular formula is C32H33N3O3S. The van der Waals surface area contributed by atoms with Gasteiger partial charge in [-0.2, -0.15) is 5.26 Å². The summed E-state index contributed by atoms with van der Waals surface area (Å²) in [5, 5.41) is 12.9. The number of aryl methyl sites for hydroxylation is 1. The topological polar surface area (TPSA) is 82.4 Å². The van der Waals surface area contributed by atoms with Crippen molar-refractivity contribution in [3.8, 4) is 11.8 Å². The van der Waals surface area contributed by atoms with Gasteiger partial charge in [-0.25, -0.2) is 0 Å². The fraction of sp³-hybridized carbons (Fsp3) is 0.281. The molecule has 39 heavy (non-hydrogen) atoms. The van der Waals surface area contributed by atoms with Gasteiger partial charge in [-0.15, -0.1) is 0 Å². The van der Waals surface area contributed by atoms with Crippen molar-refractivity contribution in [2.24, 2.45) is 0 Å². The molecule has 1 aliphatic heterocycles. The Hall–Kier alpha value is -4.02. The molecule has 1 saturated heterocycles. The second-order valence-electron chi connectivity index (χ2n) is 9.50. The summed E-state index contributed by atoms with van der Waals surface area (Å²) in [4.78, 5) is 28.6. The van der Waals surface area contributed by atoms with Crippen LogP contribution in [0.2, 0.25) is 0 Å². The van der Waals surface area contributed by atoms with E-state index < -0.39 is 11.2 Å². The van der Waals surface area contributed by atoms with Crippen molar-refractivity contribution in [3.63, 3.8) is 0 Å². The third-order valence-electron chi connectivity index (χ3n) is 6.75. The molecule has 0 spiro atoms. The third kappa shape index (κ3) is 6.71. The Morgan fingerprint density at radius 3 is 2.33 bits per heavy atom. The number of amides is 2. The monoisotopic (exact) mass is 539 g/mol. The van der Waals surface area contributed by atoms with E-state index in [9.17, 15) is 14.9 Å². The van der Waals surface area contributed by atoms with E-state index in [4.69, 9.17) is 4.74 Å². The molecule has 3 aromatic rings. The van der Waals surface area contributed by atoms with Crippen LogP contribution in [0, 0.1) is 11.3 Å². The summed E-state index contributed by atoms with van der Waals surface area (Å²) in [7, 11) is 1.58. The number of rotatable bonds is 10. The lowest BCUT2D eigenvalue weighted by Gasteiger charge is -2.20. The molecule has 1 fully saturated rings. The lowest BCUT2D eigenvalue weighted by atomic mass is 10.0. The zero-order chi connectivity index (χ0) is 27.8. The molecule has 0 radical (unpaired) electrons. The summed E-state index contributed by atoms with van der Waals surface area (Å²) in [5.74, 6) is -0.0197. The fourth-order valence-electron chi connectivity index (χ4n) is 4.48. The normalized spacial score (nSPS) is 16.9. The zero-order valence-corrected chi connectivity index (χ0v) is 23.3. The molecule has 0 aromatic heterocycles. The fourth-order valence-corrected chi connectivity index (χ4v) is 5.79. The Balaban J connectivity index is 1.64. The van der Waals surface area contributed by atoms with E-state index in [1.807, 2.05) is 37.3 Å². The smallest absolute Gasteiger partial charge is 0.265 e. The van der Waals surface area contributed by atoms with Crippen molar-refractivity contribution in [3.05, 3.63) is 106 Å². The van der Waals surface area contributed by atoms with E-state index in [-0.39, 0.29) is 17.5 Å². The zero-order valence-electron chi connectivity index (χ0n) is 22.5. The van der Waals surface area contributed by atoms with Crippen LogP contribution in [-0.4, -0.2) is 24.2 Å². The number of nitrogens with zero attached hydrogens (tertiary/aromatic N) is 2. The molecule has 0 aliphatic carbocycles. The summed E-state index contributed by atoms with van der Waals surface area (Å²) in [6.45, 7) is 4.04. The van der Waals surface area contributed by atoms with E-state index in [2.05, 4.69) is 42.6 Å². The number of hydrogen-bond acceptors (Lipinski definition) is 5. The number of hydrogen-bond donors (Lipinski definition) is 1. The second-order valence-corrected chi connectivity index (χ2v) is 10.7. The minimum atomic E-state index is -0.511. The van der Waals surface area contributed by atoms with Crippen LogP contribution in [0.5, 0.6) is 5.75 Å². The van der Waals surface area contributed by atoms with E-state index in [1.54, 1.807) is 31.4 Å². The number of nitriles is 1. The predicted octanol–water partition coefficient (Wildman–Crippen LogP) is 6.34. The van der Waals surface area contributed by atoms with Gasteiger partial charge in [0.2, 0.25) is 5.91 Å². The van der Waals surface area contributed by atoms with Gasteiger partial charge in [0.15, 0.2) is 0 Å². The molecule has 1 aliphatic rings. The van der Waals surface area contributed by atoms with Crippen LogP contribution in [0.1, 0.15) is 49.4 Å². The van der Waals surface area contributed by atoms with Gasteiger partial charge < -0.3 is 10.1 Å². The second kappa shape index (κ2) is 13.2. The molecule has 3 aromatic carbocycles. The molecule has 7 heteroatoms. The van der Waals surface area contributed by atoms with Crippen LogP contribution in [0.25, 0.3) is 0 Å². The maximum absolute atomic E-state index is 13.8. The highest BCUT2D eigenvalue weighted by Crippen LogP contribution is 2.42. The first-order valence-electron chi connectivity index (χ1n) is 13.2. The van der Waals surface area contributed by atoms with Gasteiger partial charge in [0.1, 0.15) is 22.4 Å². The minimum absolute atomic E-state index is 0.0793. The molecule has 1 heterocycles. The van der Waals surface area contributed by atoms with E-state index in [1.165, 1.54) is 22.2 Å². The van der Waals surface area contributed by atoms with Crippen molar-refractivity contribution in [1.29, 1.82) is 5.26 Å². The van der Waals surface area contributed by atoms with Crippen LogP contribution < -0.4 is 15.0 Å². The summed E-state index contributed by atoms with van der Waals surface area (Å²) >= 11 is 1.27. The maximum Gasteiger partial charge on any atom is 0.265 e. The number of benzene rings is 3. The number of nitrogens with one attached hydrogen (secondary N) is 1. The van der Waals surface area contributed by atoms with E-state index >= 15 is 0 Å². The van der Waals surface area contributed by atoms with Crippen LogP contribution in [0.4, 0.5) is 5.69 Å². The number of unbranched alkanes of at least 4 members (excludes halogenated alkanes) is 1. The molecule has 0 bridgehead atoms. The number of ether oxygens (including phenoxy) is 1. The number of carbonyl (C=O) groups is 2. The van der Waals surface area contributed by atoms with Crippen molar-refractivity contribution in [2.75, 3.05) is 12.0 Å². The quantitative estimate of drug-likeness (QED) is 0.240. The standard InChI is InChI=1S/C32H33N3O3S/c1-4-5-9-23-12-14-24(15-13-23)20-29-31(37)35(26-16-18-27(38-3)19-17-26)32(39-29)28(21-33)30(36)34-22(2)25-10-7-6-8-11-25/h6-8,10-19,22,29H,4-5,9,20H2,1-3H3,(H,34,36)/b32-28-. The molecule has 4 rings (SSSR count). The molecule has 2 amide bonds. The molecule has 200 valence electrons. The van der Waals surface area contributed by atoms with Crippen LogP contribution in [0.3, 0.4) is 0 Å². The van der Waals surface area contributed by atoms with Crippen molar-refractivity contribution in [1.82, 2.24) is 5.32 Å². The third-order valence-corrected chi connectivity index (χ3v) is 8.01.